The highest BCUT2D eigenvalue weighted by atomic mass is 16.5. The number of nitrogens with one attached hydrogen (secondary N) is 2. The fraction of sp³-hybridized carbons (Fsp3) is 0.650. The number of carbonyl (C=O) groups is 1. The maximum atomic E-state index is 12.4. The third-order valence-corrected chi connectivity index (χ3v) is 4.82. The van der Waals surface area contributed by atoms with E-state index in [1.807, 2.05) is 0 Å². The largest absolute Gasteiger partial charge is 0.378 e. The SMILES string of the molecule is CC(C)Cc1ccc(C(NC(=O)CC2COCCN2)C2CC2)cc1. The van der Waals surface area contributed by atoms with Crippen molar-refractivity contribution in [2.24, 2.45) is 11.8 Å². The maximum Gasteiger partial charge on any atom is 0.222 e. The molecule has 4 heteroatoms. The number of amides is 1. The van der Waals surface area contributed by atoms with Crippen LogP contribution in [0.5, 0.6) is 0 Å². The first-order chi connectivity index (χ1) is 11.6. The van der Waals surface area contributed by atoms with Crippen LogP contribution in [0.3, 0.4) is 0 Å². The summed E-state index contributed by atoms with van der Waals surface area (Å²) in [6, 6.07) is 9.13. The van der Waals surface area contributed by atoms with Gasteiger partial charge in [0.2, 0.25) is 5.91 Å². The van der Waals surface area contributed by atoms with Gasteiger partial charge >= 0.3 is 0 Å². The van der Waals surface area contributed by atoms with Crippen LogP contribution in [0.1, 0.15) is 50.3 Å². The Morgan fingerprint density at radius 2 is 2.04 bits per heavy atom. The monoisotopic (exact) mass is 330 g/mol. The molecular weight excluding hydrogens is 300 g/mol. The normalized spacial score (nSPS) is 22.4. The summed E-state index contributed by atoms with van der Waals surface area (Å²) in [5.74, 6) is 1.39. The van der Waals surface area contributed by atoms with Gasteiger partial charge in [0.05, 0.1) is 19.3 Å². The zero-order valence-corrected chi connectivity index (χ0v) is 14.9. The fourth-order valence-corrected chi connectivity index (χ4v) is 3.44. The average Bonchev–Trinajstić information content (AvgIpc) is 3.39. The van der Waals surface area contributed by atoms with Gasteiger partial charge in [0.25, 0.3) is 0 Å². The first kappa shape index (κ1) is 17.4. The van der Waals surface area contributed by atoms with Gasteiger partial charge in [0.15, 0.2) is 0 Å². The number of benzene rings is 1. The third kappa shape index (κ3) is 5.05. The smallest absolute Gasteiger partial charge is 0.222 e. The van der Waals surface area contributed by atoms with Gasteiger partial charge in [-0.05, 0) is 42.2 Å². The van der Waals surface area contributed by atoms with Crippen LogP contribution in [0.2, 0.25) is 0 Å². The lowest BCUT2D eigenvalue weighted by atomic mass is 9.97. The molecule has 24 heavy (non-hydrogen) atoms. The maximum absolute atomic E-state index is 12.4. The minimum absolute atomic E-state index is 0.126. The van der Waals surface area contributed by atoms with Gasteiger partial charge in [0.1, 0.15) is 0 Å². The van der Waals surface area contributed by atoms with Gasteiger partial charge in [-0.3, -0.25) is 4.79 Å². The molecule has 0 radical (unpaired) electrons. The van der Waals surface area contributed by atoms with Crippen molar-refractivity contribution in [3.8, 4) is 0 Å². The van der Waals surface area contributed by atoms with Crippen molar-refractivity contribution >= 4 is 5.91 Å². The summed E-state index contributed by atoms with van der Waals surface area (Å²) in [5, 5.41) is 6.62. The molecule has 132 valence electrons. The number of ether oxygens (including phenoxy) is 1. The van der Waals surface area contributed by atoms with E-state index in [0.717, 1.165) is 19.6 Å². The summed E-state index contributed by atoms with van der Waals surface area (Å²) < 4.78 is 5.43. The Hall–Kier alpha value is -1.39. The van der Waals surface area contributed by atoms with Crippen molar-refractivity contribution in [2.45, 2.75) is 51.6 Å². The van der Waals surface area contributed by atoms with E-state index in [1.54, 1.807) is 0 Å². The number of hydrogen-bond acceptors (Lipinski definition) is 3. The Morgan fingerprint density at radius 1 is 1.29 bits per heavy atom. The zero-order chi connectivity index (χ0) is 16.9. The molecule has 0 bridgehead atoms. The molecule has 2 atom stereocenters. The van der Waals surface area contributed by atoms with Crippen molar-refractivity contribution in [1.29, 1.82) is 0 Å². The first-order valence-electron chi connectivity index (χ1n) is 9.31. The highest BCUT2D eigenvalue weighted by Crippen LogP contribution is 2.41. The number of carbonyl (C=O) groups excluding carboxylic acids is 1. The van der Waals surface area contributed by atoms with Crippen molar-refractivity contribution < 1.29 is 9.53 Å². The minimum atomic E-state index is 0.126. The van der Waals surface area contributed by atoms with Crippen LogP contribution < -0.4 is 10.6 Å². The Morgan fingerprint density at radius 3 is 2.62 bits per heavy atom. The molecule has 1 aliphatic carbocycles. The summed E-state index contributed by atoms with van der Waals surface area (Å²) in [6.45, 7) is 6.69. The molecule has 1 saturated carbocycles. The summed E-state index contributed by atoms with van der Waals surface area (Å²) >= 11 is 0. The van der Waals surface area contributed by atoms with E-state index in [9.17, 15) is 4.79 Å². The molecular formula is C20H30N2O2. The van der Waals surface area contributed by atoms with E-state index in [2.05, 4.69) is 48.7 Å². The fourth-order valence-electron chi connectivity index (χ4n) is 3.44. The van der Waals surface area contributed by atoms with Crippen molar-refractivity contribution in [1.82, 2.24) is 10.6 Å². The Bertz CT molecular complexity index is 531. The van der Waals surface area contributed by atoms with Crippen LogP contribution in [0.25, 0.3) is 0 Å². The van der Waals surface area contributed by atoms with Gasteiger partial charge in [0, 0.05) is 19.0 Å². The predicted molar refractivity (Wildman–Crippen MR) is 95.8 cm³/mol. The standard InChI is InChI=1S/C20H30N2O2/c1-14(2)11-15-3-5-16(6-4-15)20(17-7-8-17)22-19(23)12-18-13-24-10-9-21-18/h3-6,14,17-18,20-21H,7-13H2,1-2H3,(H,22,23). The number of morpholine rings is 1. The molecule has 1 heterocycles. The summed E-state index contributed by atoms with van der Waals surface area (Å²) in [6.07, 6.45) is 4.02. The van der Waals surface area contributed by atoms with Crippen molar-refractivity contribution in [2.75, 3.05) is 19.8 Å². The molecule has 4 nitrogen and oxygen atoms in total. The Balaban J connectivity index is 1.58. The van der Waals surface area contributed by atoms with Gasteiger partial charge in [-0.25, -0.2) is 0 Å². The minimum Gasteiger partial charge on any atom is -0.378 e. The molecule has 1 aromatic rings. The topological polar surface area (TPSA) is 50.4 Å². The van der Waals surface area contributed by atoms with Gasteiger partial charge in [-0.1, -0.05) is 38.1 Å². The van der Waals surface area contributed by atoms with Crippen molar-refractivity contribution in [3.63, 3.8) is 0 Å². The lowest BCUT2D eigenvalue weighted by molar-refractivity contribution is -0.123. The second-order valence-electron chi connectivity index (χ2n) is 7.65. The lowest BCUT2D eigenvalue weighted by Gasteiger charge is -2.25. The highest BCUT2D eigenvalue weighted by molar-refractivity contribution is 5.77. The molecule has 2 fully saturated rings. The van der Waals surface area contributed by atoms with Gasteiger partial charge in [-0.15, -0.1) is 0 Å². The number of rotatable bonds is 7. The van der Waals surface area contributed by atoms with E-state index >= 15 is 0 Å². The molecule has 1 saturated heterocycles. The van der Waals surface area contributed by atoms with Crippen LogP contribution in [-0.2, 0) is 16.0 Å². The third-order valence-electron chi connectivity index (χ3n) is 4.82. The quantitative estimate of drug-likeness (QED) is 0.808. The number of hydrogen-bond donors (Lipinski definition) is 2. The summed E-state index contributed by atoms with van der Waals surface area (Å²) in [5.41, 5.74) is 2.62. The molecule has 1 amide bonds. The summed E-state index contributed by atoms with van der Waals surface area (Å²) in [7, 11) is 0. The van der Waals surface area contributed by atoms with E-state index in [-0.39, 0.29) is 18.0 Å². The first-order valence-corrected chi connectivity index (χ1v) is 9.31. The van der Waals surface area contributed by atoms with Crippen LogP contribution in [-0.4, -0.2) is 31.7 Å². The van der Waals surface area contributed by atoms with Gasteiger partial charge in [-0.2, -0.15) is 0 Å². The van der Waals surface area contributed by atoms with Crippen LogP contribution in [0.15, 0.2) is 24.3 Å². The average molecular weight is 330 g/mol. The molecule has 1 aromatic carbocycles. The second kappa shape index (κ2) is 8.13. The molecule has 0 spiro atoms. The van der Waals surface area contributed by atoms with Crippen LogP contribution in [0.4, 0.5) is 0 Å². The highest BCUT2D eigenvalue weighted by Gasteiger charge is 2.33. The van der Waals surface area contributed by atoms with Crippen LogP contribution >= 0.6 is 0 Å². The Kier molecular flexibility index (Phi) is 5.90. The molecule has 2 N–H and O–H groups in total. The molecule has 2 unspecified atom stereocenters. The zero-order valence-electron chi connectivity index (χ0n) is 14.9. The second-order valence-corrected chi connectivity index (χ2v) is 7.65. The van der Waals surface area contributed by atoms with E-state index in [0.29, 0.717) is 24.9 Å². The van der Waals surface area contributed by atoms with E-state index in [4.69, 9.17) is 4.74 Å². The van der Waals surface area contributed by atoms with E-state index in [1.165, 1.54) is 24.0 Å². The predicted octanol–water partition coefficient (Wildman–Crippen LogP) is 2.83. The van der Waals surface area contributed by atoms with Crippen molar-refractivity contribution in [3.05, 3.63) is 35.4 Å². The molecule has 2 aliphatic rings. The summed E-state index contributed by atoms with van der Waals surface area (Å²) in [4.78, 5) is 12.4. The lowest BCUT2D eigenvalue weighted by Crippen LogP contribution is -2.44. The molecule has 1 aliphatic heterocycles. The molecule has 3 rings (SSSR count). The Labute approximate surface area is 145 Å². The van der Waals surface area contributed by atoms with Crippen LogP contribution in [0, 0.1) is 11.8 Å². The van der Waals surface area contributed by atoms with Gasteiger partial charge < -0.3 is 15.4 Å². The van der Waals surface area contributed by atoms with E-state index < -0.39 is 0 Å². The molecule has 0 aromatic heterocycles.